The van der Waals surface area contributed by atoms with Gasteiger partial charge >= 0.3 is 0 Å². The second kappa shape index (κ2) is 8.64. The van der Waals surface area contributed by atoms with Crippen LogP contribution >= 0.6 is 0 Å². The molecule has 1 amide bonds. The number of hydrogen-bond acceptors (Lipinski definition) is 5. The van der Waals surface area contributed by atoms with E-state index in [2.05, 4.69) is 10.0 Å². The van der Waals surface area contributed by atoms with Crippen LogP contribution in [0, 0.1) is 0 Å². The number of hydrogen-bond donors (Lipinski definition) is 2. The maximum Gasteiger partial charge on any atom is 0.254 e. The van der Waals surface area contributed by atoms with Gasteiger partial charge < -0.3 is 15.0 Å². The Morgan fingerprint density at radius 2 is 2.04 bits per heavy atom. The van der Waals surface area contributed by atoms with Crippen molar-refractivity contribution < 1.29 is 17.9 Å². The standard InChI is InChI=1S/C17H27N3O4S/c1-4-11-20(14-7-9-19-10-8-14)17(21)13-5-6-15(24-3)16(12-13)25(22,23)18-2/h5-6,12,14,18-19H,4,7-11H2,1-3H3. The summed E-state index contributed by atoms with van der Waals surface area (Å²) in [6.45, 7) is 4.47. The lowest BCUT2D eigenvalue weighted by Crippen LogP contribution is -2.46. The molecule has 1 aliphatic heterocycles. The van der Waals surface area contributed by atoms with Crippen molar-refractivity contribution in [2.45, 2.75) is 37.1 Å². The summed E-state index contributed by atoms with van der Waals surface area (Å²) >= 11 is 0. The molecule has 0 radical (unpaired) electrons. The van der Waals surface area contributed by atoms with E-state index in [1.165, 1.54) is 26.3 Å². The lowest BCUT2D eigenvalue weighted by molar-refractivity contribution is 0.0642. The first kappa shape index (κ1) is 19.7. The summed E-state index contributed by atoms with van der Waals surface area (Å²) < 4.78 is 31.9. The molecule has 8 heteroatoms. The highest BCUT2D eigenvalue weighted by molar-refractivity contribution is 7.89. The zero-order valence-corrected chi connectivity index (χ0v) is 15.9. The van der Waals surface area contributed by atoms with Crippen LogP contribution in [-0.2, 0) is 10.0 Å². The SMILES string of the molecule is CCCN(C(=O)c1ccc(OC)c(S(=O)(=O)NC)c1)C1CCNCC1. The van der Waals surface area contributed by atoms with Crippen molar-refractivity contribution in [3.63, 3.8) is 0 Å². The summed E-state index contributed by atoms with van der Waals surface area (Å²) in [6, 6.07) is 4.74. The van der Waals surface area contributed by atoms with E-state index >= 15 is 0 Å². The van der Waals surface area contributed by atoms with Crippen molar-refractivity contribution in [3.05, 3.63) is 23.8 Å². The first-order valence-corrected chi connectivity index (χ1v) is 10.1. The van der Waals surface area contributed by atoms with Crippen molar-refractivity contribution in [1.82, 2.24) is 14.9 Å². The second-order valence-corrected chi connectivity index (χ2v) is 7.91. The summed E-state index contributed by atoms with van der Waals surface area (Å²) in [5.74, 6) is 0.0822. The Morgan fingerprint density at radius 3 is 2.60 bits per heavy atom. The number of benzene rings is 1. The summed E-state index contributed by atoms with van der Waals surface area (Å²) in [7, 11) is -0.974. The average molecular weight is 369 g/mol. The minimum atomic E-state index is -3.72. The third-order valence-corrected chi connectivity index (χ3v) is 5.88. The lowest BCUT2D eigenvalue weighted by Gasteiger charge is -2.34. The van der Waals surface area contributed by atoms with Crippen LogP contribution < -0.4 is 14.8 Å². The minimum absolute atomic E-state index is 0.0230. The smallest absolute Gasteiger partial charge is 0.254 e. The Morgan fingerprint density at radius 1 is 1.36 bits per heavy atom. The van der Waals surface area contributed by atoms with Crippen molar-refractivity contribution in [1.29, 1.82) is 0 Å². The van der Waals surface area contributed by atoms with Gasteiger partial charge in [-0.25, -0.2) is 13.1 Å². The third-order valence-electron chi connectivity index (χ3n) is 4.44. The van der Waals surface area contributed by atoms with Crippen LogP contribution in [0.2, 0.25) is 0 Å². The predicted octanol–water partition coefficient (Wildman–Crippen LogP) is 1.21. The van der Waals surface area contributed by atoms with Crippen LogP contribution in [0.4, 0.5) is 0 Å². The molecule has 1 aromatic carbocycles. The molecule has 25 heavy (non-hydrogen) atoms. The van der Waals surface area contributed by atoms with Gasteiger partial charge in [0.05, 0.1) is 7.11 Å². The highest BCUT2D eigenvalue weighted by Gasteiger charge is 2.27. The van der Waals surface area contributed by atoms with Crippen molar-refractivity contribution in [2.75, 3.05) is 33.8 Å². The van der Waals surface area contributed by atoms with Gasteiger partial charge in [0.15, 0.2) is 0 Å². The molecule has 0 aromatic heterocycles. The Labute approximate surface area is 149 Å². The number of ether oxygens (including phenoxy) is 1. The molecule has 7 nitrogen and oxygen atoms in total. The van der Waals surface area contributed by atoms with Crippen LogP contribution in [-0.4, -0.2) is 59.1 Å². The molecule has 1 fully saturated rings. The van der Waals surface area contributed by atoms with E-state index in [0.29, 0.717) is 12.1 Å². The van der Waals surface area contributed by atoms with Gasteiger partial charge in [0, 0.05) is 18.2 Å². The van der Waals surface area contributed by atoms with Gasteiger partial charge in [0.1, 0.15) is 10.6 Å². The average Bonchev–Trinajstić information content (AvgIpc) is 2.65. The second-order valence-electron chi connectivity index (χ2n) is 6.05. The maximum atomic E-state index is 13.1. The molecule has 0 bridgehead atoms. The number of piperidine rings is 1. The summed E-state index contributed by atoms with van der Waals surface area (Å²) in [5.41, 5.74) is 0.363. The van der Waals surface area contributed by atoms with Crippen LogP contribution in [0.25, 0.3) is 0 Å². The van der Waals surface area contributed by atoms with Crippen LogP contribution in [0.3, 0.4) is 0 Å². The molecule has 0 saturated carbocycles. The quantitative estimate of drug-likeness (QED) is 0.754. The van der Waals surface area contributed by atoms with Crippen molar-refractivity contribution >= 4 is 15.9 Å². The predicted molar refractivity (Wildman–Crippen MR) is 96.5 cm³/mol. The molecule has 1 aliphatic rings. The minimum Gasteiger partial charge on any atom is -0.495 e. The van der Waals surface area contributed by atoms with Crippen LogP contribution in [0.1, 0.15) is 36.5 Å². The molecular weight excluding hydrogens is 342 g/mol. The van der Waals surface area contributed by atoms with Crippen molar-refractivity contribution in [2.24, 2.45) is 0 Å². The Hall–Kier alpha value is -1.64. The normalized spacial score (nSPS) is 15.8. The molecular formula is C17H27N3O4S. The zero-order chi connectivity index (χ0) is 18.4. The molecule has 0 aliphatic carbocycles. The lowest BCUT2D eigenvalue weighted by atomic mass is 10.0. The first-order valence-electron chi connectivity index (χ1n) is 8.57. The first-order chi connectivity index (χ1) is 11.9. The molecule has 1 heterocycles. The number of carbonyl (C=O) groups is 1. The molecule has 2 N–H and O–H groups in total. The molecule has 1 saturated heterocycles. The molecule has 0 spiro atoms. The summed E-state index contributed by atoms with van der Waals surface area (Å²) in [6.07, 6.45) is 2.67. The highest BCUT2D eigenvalue weighted by Crippen LogP contribution is 2.26. The number of nitrogens with zero attached hydrogens (tertiary/aromatic N) is 1. The van der Waals surface area contributed by atoms with E-state index < -0.39 is 10.0 Å². The van der Waals surface area contributed by atoms with Gasteiger partial charge in [0.2, 0.25) is 10.0 Å². The van der Waals surface area contributed by atoms with Gasteiger partial charge in [0.25, 0.3) is 5.91 Å². The number of sulfonamides is 1. The molecule has 2 rings (SSSR count). The zero-order valence-electron chi connectivity index (χ0n) is 15.0. The Kier molecular flexibility index (Phi) is 6.80. The van der Waals surface area contributed by atoms with Crippen molar-refractivity contribution in [3.8, 4) is 5.75 Å². The number of nitrogens with one attached hydrogen (secondary N) is 2. The monoisotopic (exact) mass is 369 g/mol. The van der Waals surface area contributed by atoms with Crippen LogP contribution in [0.5, 0.6) is 5.75 Å². The van der Waals surface area contributed by atoms with Gasteiger partial charge in [-0.2, -0.15) is 0 Å². The van der Waals surface area contributed by atoms with Gasteiger partial charge in [-0.1, -0.05) is 6.92 Å². The number of amides is 1. The summed E-state index contributed by atoms with van der Waals surface area (Å²) in [4.78, 5) is 14.9. The maximum absolute atomic E-state index is 13.1. The summed E-state index contributed by atoms with van der Waals surface area (Å²) in [5, 5.41) is 3.30. The number of rotatable bonds is 7. The van der Waals surface area contributed by atoms with E-state index in [9.17, 15) is 13.2 Å². The van der Waals surface area contributed by atoms with Crippen LogP contribution in [0.15, 0.2) is 23.1 Å². The largest absolute Gasteiger partial charge is 0.495 e. The Balaban J connectivity index is 2.37. The van der Waals surface area contributed by atoms with E-state index in [-0.39, 0.29) is 22.6 Å². The van der Waals surface area contributed by atoms with E-state index in [1.807, 2.05) is 11.8 Å². The molecule has 0 unspecified atom stereocenters. The fourth-order valence-corrected chi connectivity index (χ4v) is 4.02. The van der Waals surface area contributed by atoms with Gasteiger partial charge in [-0.3, -0.25) is 4.79 Å². The third kappa shape index (κ3) is 4.50. The topological polar surface area (TPSA) is 87.7 Å². The van der Waals surface area contributed by atoms with E-state index in [4.69, 9.17) is 4.74 Å². The highest BCUT2D eigenvalue weighted by atomic mass is 32.2. The van der Waals surface area contributed by atoms with E-state index in [0.717, 1.165) is 32.4 Å². The Bertz CT molecular complexity index is 700. The molecule has 1 aromatic rings. The fraction of sp³-hybridized carbons (Fsp3) is 0.588. The van der Waals surface area contributed by atoms with Gasteiger partial charge in [-0.05, 0) is 57.6 Å². The van der Waals surface area contributed by atoms with E-state index in [1.54, 1.807) is 6.07 Å². The molecule has 0 atom stereocenters. The number of carbonyl (C=O) groups excluding carboxylic acids is 1. The molecule has 140 valence electrons. The number of methoxy groups -OCH3 is 1. The van der Waals surface area contributed by atoms with Gasteiger partial charge in [-0.15, -0.1) is 0 Å². The fourth-order valence-electron chi connectivity index (χ4n) is 3.10.